The lowest BCUT2D eigenvalue weighted by Crippen LogP contribution is -2.27. The molecule has 1 aromatic heterocycles. The van der Waals surface area contributed by atoms with Crippen molar-refractivity contribution >= 4 is 38.9 Å². The summed E-state index contributed by atoms with van der Waals surface area (Å²) < 4.78 is 0.651. The summed E-state index contributed by atoms with van der Waals surface area (Å²) in [4.78, 5) is 12.8. The first-order valence-electron chi connectivity index (χ1n) is 5.41. The molecule has 0 aliphatic carbocycles. The Morgan fingerprint density at radius 2 is 2.26 bits per heavy atom. The van der Waals surface area contributed by atoms with Crippen LogP contribution in [0.5, 0.6) is 0 Å². The molecule has 0 saturated carbocycles. The van der Waals surface area contributed by atoms with E-state index in [1.54, 1.807) is 18.2 Å². The van der Waals surface area contributed by atoms with E-state index in [0.717, 1.165) is 4.88 Å². The summed E-state index contributed by atoms with van der Waals surface area (Å²) in [5.74, 6) is -0.284. The Bertz CT molecular complexity index is 634. The number of carbonyl (C=O) groups is 1. The normalized spacial score (nSPS) is 11.6. The molecule has 1 amide bonds. The summed E-state index contributed by atoms with van der Waals surface area (Å²) >= 11 is 4.75. The highest BCUT2D eigenvalue weighted by Crippen LogP contribution is 2.25. The number of hydrogen-bond acceptors (Lipinski definition) is 4. The van der Waals surface area contributed by atoms with E-state index in [1.165, 1.54) is 11.3 Å². The van der Waals surface area contributed by atoms with Crippen molar-refractivity contribution in [2.75, 3.05) is 5.32 Å². The Labute approximate surface area is 123 Å². The van der Waals surface area contributed by atoms with Gasteiger partial charge < -0.3 is 11.1 Å². The minimum atomic E-state index is -0.692. The molecule has 6 heteroatoms. The van der Waals surface area contributed by atoms with Crippen LogP contribution in [0.15, 0.2) is 40.2 Å². The van der Waals surface area contributed by atoms with Gasteiger partial charge in [0.05, 0.1) is 17.3 Å². The average molecular weight is 336 g/mol. The lowest BCUT2D eigenvalue weighted by Gasteiger charge is -2.12. The van der Waals surface area contributed by atoms with Gasteiger partial charge in [-0.3, -0.25) is 4.79 Å². The van der Waals surface area contributed by atoms with Crippen LogP contribution in [0.2, 0.25) is 0 Å². The van der Waals surface area contributed by atoms with E-state index in [1.807, 2.05) is 23.6 Å². The number of nitrogens with one attached hydrogen (secondary N) is 1. The molecule has 2 aromatic rings. The van der Waals surface area contributed by atoms with Crippen LogP contribution in [0.4, 0.5) is 5.69 Å². The Morgan fingerprint density at radius 1 is 1.47 bits per heavy atom. The smallest absolute Gasteiger partial charge is 0.246 e. The van der Waals surface area contributed by atoms with Crippen molar-refractivity contribution in [3.8, 4) is 6.07 Å². The predicted octanol–water partition coefficient (Wildman–Crippen LogP) is 3.02. The second kappa shape index (κ2) is 5.97. The van der Waals surface area contributed by atoms with Gasteiger partial charge in [0.25, 0.3) is 0 Å². The van der Waals surface area contributed by atoms with Gasteiger partial charge in [0.1, 0.15) is 6.04 Å². The highest BCUT2D eigenvalue weighted by Gasteiger charge is 2.17. The maximum absolute atomic E-state index is 12.0. The van der Waals surface area contributed by atoms with E-state index in [2.05, 4.69) is 21.2 Å². The Kier molecular flexibility index (Phi) is 4.32. The number of amides is 1. The van der Waals surface area contributed by atoms with E-state index in [-0.39, 0.29) is 5.91 Å². The molecule has 1 unspecified atom stereocenters. The molecule has 3 N–H and O–H groups in total. The van der Waals surface area contributed by atoms with E-state index in [4.69, 9.17) is 11.0 Å². The van der Waals surface area contributed by atoms with Crippen LogP contribution >= 0.6 is 27.3 Å². The molecular weight excluding hydrogens is 326 g/mol. The number of anilines is 1. The summed E-state index contributed by atoms with van der Waals surface area (Å²) in [6, 6.07) is 9.96. The molecular formula is C13H10BrN3OS. The summed E-state index contributed by atoms with van der Waals surface area (Å²) in [5, 5.41) is 13.4. The summed E-state index contributed by atoms with van der Waals surface area (Å²) in [6.07, 6.45) is 0. The van der Waals surface area contributed by atoms with Crippen LogP contribution in [0.1, 0.15) is 16.5 Å². The summed E-state index contributed by atoms with van der Waals surface area (Å²) in [5.41, 5.74) is 6.98. The number of carbonyl (C=O) groups excluding carboxylic acids is 1. The Hall–Kier alpha value is -1.68. The number of rotatable bonds is 3. The largest absolute Gasteiger partial charge is 0.323 e. The maximum atomic E-state index is 12.0. The van der Waals surface area contributed by atoms with Crippen molar-refractivity contribution in [3.05, 3.63) is 50.6 Å². The van der Waals surface area contributed by atoms with Gasteiger partial charge in [-0.25, -0.2) is 0 Å². The molecule has 0 aliphatic rings. The lowest BCUT2D eigenvalue weighted by molar-refractivity contribution is -0.117. The molecule has 0 radical (unpaired) electrons. The zero-order valence-electron chi connectivity index (χ0n) is 9.76. The minimum absolute atomic E-state index is 0.284. The molecule has 1 heterocycles. The average Bonchev–Trinajstić information content (AvgIpc) is 2.94. The molecule has 0 aliphatic heterocycles. The predicted molar refractivity (Wildman–Crippen MR) is 78.7 cm³/mol. The number of thiophene rings is 1. The quantitative estimate of drug-likeness (QED) is 0.904. The first-order chi connectivity index (χ1) is 9.11. The Balaban J connectivity index is 2.13. The molecule has 0 spiro atoms. The fraction of sp³-hybridized carbons (Fsp3) is 0.0769. The number of nitriles is 1. The van der Waals surface area contributed by atoms with Crippen molar-refractivity contribution in [1.29, 1.82) is 5.26 Å². The summed E-state index contributed by atoms with van der Waals surface area (Å²) in [7, 11) is 0. The highest BCUT2D eigenvalue weighted by molar-refractivity contribution is 9.10. The van der Waals surface area contributed by atoms with Gasteiger partial charge in [-0.15, -0.1) is 11.3 Å². The van der Waals surface area contributed by atoms with E-state index in [0.29, 0.717) is 15.7 Å². The Morgan fingerprint density at radius 3 is 2.84 bits per heavy atom. The highest BCUT2D eigenvalue weighted by atomic mass is 79.9. The number of hydrogen-bond donors (Lipinski definition) is 2. The third-order valence-electron chi connectivity index (χ3n) is 2.49. The third kappa shape index (κ3) is 3.20. The number of benzene rings is 1. The fourth-order valence-electron chi connectivity index (χ4n) is 1.49. The molecule has 96 valence electrons. The first kappa shape index (κ1) is 13.7. The van der Waals surface area contributed by atoms with Crippen molar-refractivity contribution < 1.29 is 4.79 Å². The maximum Gasteiger partial charge on any atom is 0.246 e. The number of nitrogens with two attached hydrogens (primary N) is 1. The van der Waals surface area contributed by atoms with Crippen LogP contribution in [0.3, 0.4) is 0 Å². The van der Waals surface area contributed by atoms with E-state index >= 15 is 0 Å². The molecule has 0 bridgehead atoms. The topological polar surface area (TPSA) is 78.9 Å². The van der Waals surface area contributed by atoms with Crippen LogP contribution in [-0.2, 0) is 4.79 Å². The molecule has 2 rings (SSSR count). The monoisotopic (exact) mass is 335 g/mol. The second-order valence-electron chi connectivity index (χ2n) is 3.79. The van der Waals surface area contributed by atoms with Crippen LogP contribution in [-0.4, -0.2) is 5.91 Å². The third-order valence-corrected chi connectivity index (χ3v) is 4.10. The minimum Gasteiger partial charge on any atom is -0.323 e. The molecule has 4 nitrogen and oxygen atoms in total. The number of halogens is 1. The van der Waals surface area contributed by atoms with Gasteiger partial charge in [0, 0.05) is 9.35 Å². The molecule has 0 fully saturated rings. The zero-order valence-corrected chi connectivity index (χ0v) is 12.2. The van der Waals surface area contributed by atoms with Crippen molar-refractivity contribution in [2.24, 2.45) is 5.73 Å². The molecule has 0 saturated heterocycles. The van der Waals surface area contributed by atoms with Gasteiger partial charge in [0.2, 0.25) is 5.91 Å². The molecule has 1 aromatic carbocycles. The first-order valence-corrected chi connectivity index (χ1v) is 7.08. The van der Waals surface area contributed by atoms with Crippen LogP contribution in [0.25, 0.3) is 0 Å². The van der Waals surface area contributed by atoms with Crippen molar-refractivity contribution in [3.63, 3.8) is 0 Å². The lowest BCUT2D eigenvalue weighted by atomic mass is 10.2. The molecule has 19 heavy (non-hydrogen) atoms. The van der Waals surface area contributed by atoms with Crippen LogP contribution in [0, 0.1) is 11.3 Å². The van der Waals surface area contributed by atoms with Crippen molar-refractivity contribution in [2.45, 2.75) is 6.04 Å². The van der Waals surface area contributed by atoms with E-state index < -0.39 is 6.04 Å². The van der Waals surface area contributed by atoms with Gasteiger partial charge >= 0.3 is 0 Å². The van der Waals surface area contributed by atoms with Gasteiger partial charge in [-0.2, -0.15) is 5.26 Å². The SMILES string of the molecule is N#Cc1ccc(NC(=O)C(N)c2cccs2)c(Br)c1. The number of nitrogens with zero attached hydrogens (tertiary/aromatic N) is 1. The molecule has 1 atom stereocenters. The van der Waals surface area contributed by atoms with E-state index in [9.17, 15) is 4.79 Å². The fourth-order valence-corrected chi connectivity index (χ4v) is 2.70. The van der Waals surface area contributed by atoms with Gasteiger partial charge in [-0.05, 0) is 45.6 Å². The van der Waals surface area contributed by atoms with Crippen LogP contribution < -0.4 is 11.1 Å². The summed E-state index contributed by atoms with van der Waals surface area (Å²) in [6.45, 7) is 0. The van der Waals surface area contributed by atoms with Crippen molar-refractivity contribution in [1.82, 2.24) is 0 Å². The van der Waals surface area contributed by atoms with Gasteiger partial charge in [-0.1, -0.05) is 6.07 Å². The standard InChI is InChI=1S/C13H10BrN3OS/c14-9-6-8(7-15)3-4-10(9)17-13(18)12(16)11-2-1-5-19-11/h1-6,12H,16H2,(H,17,18). The zero-order chi connectivity index (χ0) is 13.8. The second-order valence-corrected chi connectivity index (χ2v) is 5.62. The van der Waals surface area contributed by atoms with Gasteiger partial charge in [0.15, 0.2) is 0 Å².